The number of benzene rings is 3. The molecule has 4 aromatic rings. The summed E-state index contributed by atoms with van der Waals surface area (Å²) in [5, 5.41) is 0.713. The molecule has 0 aliphatic carbocycles. The average Bonchev–Trinajstić information content (AvgIpc) is 3.20. The minimum atomic E-state index is -0.0816. The van der Waals surface area contributed by atoms with Crippen molar-refractivity contribution in [3.8, 4) is 0 Å². The van der Waals surface area contributed by atoms with Crippen LogP contribution in [0.5, 0.6) is 0 Å². The number of carbonyl (C=O) groups excluding carboxylic acids is 1. The molecule has 0 saturated heterocycles. The molecule has 0 N–H and O–H groups in total. The van der Waals surface area contributed by atoms with Crippen molar-refractivity contribution in [2.24, 2.45) is 0 Å². The number of nitrogens with zero attached hydrogens (tertiary/aromatic N) is 2. The van der Waals surface area contributed by atoms with E-state index in [1.165, 1.54) is 4.90 Å². The number of hydrogen-bond donors (Lipinski definition) is 0. The molecule has 3 aromatic carbocycles. The van der Waals surface area contributed by atoms with Gasteiger partial charge in [0, 0.05) is 11.0 Å². The summed E-state index contributed by atoms with van der Waals surface area (Å²) in [6, 6.07) is 26.1. The first kappa shape index (κ1) is 19.4. The quantitative estimate of drug-likeness (QED) is 0.274. The third kappa shape index (κ3) is 4.75. The van der Waals surface area contributed by atoms with Crippen LogP contribution >= 0.6 is 23.1 Å². The minimum Gasteiger partial charge on any atom is -0.280 e. The first-order valence-electron chi connectivity index (χ1n) is 9.26. The Morgan fingerprint density at radius 2 is 1.76 bits per heavy atom. The smallest absolute Gasteiger partial charge is 0.253 e. The van der Waals surface area contributed by atoms with Crippen LogP contribution in [0, 0.1) is 0 Å². The maximum atomic E-state index is 13.1. The lowest BCUT2D eigenvalue weighted by Crippen LogP contribution is -2.28. The number of thiazole rings is 1. The fourth-order valence-electron chi connectivity index (χ4n) is 2.96. The van der Waals surface area contributed by atoms with E-state index in [0.29, 0.717) is 11.7 Å². The predicted molar refractivity (Wildman–Crippen MR) is 125 cm³/mol. The van der Waals surface area contributed by atoms with E-state index < -0.39 is 0 Å². The summed E-state index contributed by atoms with van der Waals surface area (Å²) in [5.41, 5.74) is 2.98. The fourth-order valence-corrected chi connectivity index (χ4v) is 4.49. The van der Waals surface area contributed by atoms with Gasteiger partial charge in [0.15, 0.2) is 5.13 Å². The van der Waals surface area contributed by atoms with Gasteiger partial charge in [0.25, 0.3) is 5.91 Å². The van der Waals surface area contributed by atoms with Crippen molar-refractivity contribution in [3.05, 3.63) is 96.1 Å². The van der Waals surface area contributed by atoms with Crippen LogP contribution in [-0.2, 0) is 11.3 Å². The van der Waals surface area contributed by atoms with Crippen molar-refractivity contribution in [3.63, 3.8) is 0 Å². The molecule has 0 aliphatic rings. The van der Waals surface area contributed by atoms with E-state index >= 15 is 0 Å². The Kier molecular flexibility index (Phi) is 6.08. The highest BCUT2D eigenvalue weighted by Crippen LogP contribution is 2.32. The van der Waals surface area contributed by atoms with Crippen molar-refractivity contribution in [1.29, 1.82) is 0 Å². The van der Waals surface area contributed by atoms with Crippen LogP contribution in [-0.4, -0.2) is 17.1 Å². The van der Waals surface area contributed by atoms with E-state index in [1.54, 1.807) is 34.1 Å². The molecule has 0 bridgehead atoms. The van der Waals surface area contributed by atoms with Crippen LogP contribution in [0.25, 0.3) is 16.3 Å². The summed E-state index contributed by atoms with van der Waals surface area (Å²) in [4.78, 5) is 20.8. The maximum Gasteiger partial charge on any atom is 0.253 e. The van der Waals surface area contributed by atoms with E-state index in [1.807, 2.05) is 72.8 Å². The number of anilines is 1. The van der Waals surface area contributed by atoms with Crippen LogP contribution in [0.1, 0.15) is 11.1 Å². The maximum absolute atomic E-state index is 13.1. The largest absolute Gasteiger partial charge is 0.280 e. The Bertz CT molecular complexity index is 1140. The van der Waals surface area contributed by atoms with E-state index in [-0.39, 0.29) is 5.91 Å². The number of hydrogen-bond acceptors (Lipinski definition) is 4. The molecule has 144 valence electrons. The third-order valence-corrected chi connectivity index (χ3v) is 6.25. The summed E-state index contributed by atoms with van der Waals surface area (Å²) in [6.07, 6.45) is 5.53. The molecule has 1 aromatic heterocycles. The van der Waals surface area contributed by atoms with E-state index in [0.717, 1.165) is 21.3 Å². The molecule has 0 spiro atoms. The first-order valence-corrected chi connectivity index (χ1v) is 11.3. The van der Waals surface area contributed by atoms with Crippen LogP contribution in [0.3, 0.4) is 0 Å². The molecule has 3 nitrogen and oxygen atoms in total. The highest BCUT2D eigenvalue weighted by molar-refractivity contribution is 7.98. The normalized spacial score (nSPS) is 11.2. The molecule has 1 heterocycles. The van der Waals surface area contributed by atoms with E-state index in [9.17, 15) is 4.79 Å². The Balaban J connectivity index is 1.68. The second-order valence-electron chi connectivity index (χ2n) is 6.48. The second kappa shape index (κ2) is 9.07. The Labute approximate surface area is 178 Å². The highest BCUT2D eigenvalue weighted by atomic mass is 32.2. The Morgan fingerprint density at radius 1 is 1.03 bits per heavy atom. The molecule has 1 amide bonds. The molecule has 29 heavy (non-hydrogen) atoms. The van der Waals surface area contributed by atoms with Gasteiger partial charge < -0.3 is 0 Å². The van der Waals surface area contributed by atoms with Gasteiger partial charge in [0.2, 0.25) is 0 Å². The predicted octanol–water partition coefficient (Wildman–Crippen LogP) is 6.26. The monoisotopic (exact) mass is 416 g/mol. The van der Waals surface area contributed by atoms with Crippen molar-refractivity contribution >= 4 is 50.4 Å². The fraction of sp³-hybridized carbons (Fsp3) is 0.0833. The van der Waals surface area contributed by atoms with Crippen LogP contribution in [0.2, 0.25) is 0 Å². The van der Waals surface area contributed by atoms with Crippen LogP contribution in [0.4, 0.5) is 5.13 Å². The number of amides is 1. The summed E-state index contributed by atoms with van der Waals surface area (Å²) >= 11 is 3.25. The average molecular weight is 417 g/mol. The Hall–Kier alpha value is -2.89. The van der Waals surface area contributed by atoms with E-state index in [4.69, 9.17) is 4.98 Å². The molecule has 0 aliphatic heterocycles. The van der Waals surface area contributed by atoms with Gasteiger partial charge in [0.1, 0.15) is 0 Å². The lowest BCUT2D eigenvalue weighted by Gasteiger charge is -2.18. The SMILES string of the molecule is CSc1ccc2nc(N(Cc3ccccc3)C(=O)/C=C/c3ccccc3)sc2c1. The molecule has 0 fully saturated rings. The van der Waals surface area contributed by atoms with Gasteiger partial charge in [0.05, 0.1) is 16.8 Å². The Morgan fingerprint density at radius 3 is 2.48 bits per heavy atom. The zero-order chi connectivity index (χ0) is 20.1. The highest BCUT2D eigenvalue weighted by Gasteiger charge is 2.18. The lowest BCUT2D eigenvalue weighted by atomic mass is 10.2. The summed E-state index contributed by atoms with van der Waals surface area (Å²) < 4.78 is 1.09. The third-order valence-electron chi connectivity index (χ3n) is 4.48. The molecular formula is C24H20N2OS2. The summed E-state index contributed by atoms with van der Waals surface area (Å²) in [7, 11) is 0. The molecular weight excluding hydrogens is 396 g/mol. The molecule has 0 unspecified atom stereocenters. The lowest BCUT2D eigenvalue weighted by molar-refractivity contribution is -0.114. The number of fused-ring (bicyclic) bond motifs is 1. The molecule has 5 heteroatoms. The van der Waals surface area contributed by atoms with Crippen molar-refractivity contribution in [2.75, 3.05) is 11.2 Å². The minimum absolute atomic E-state index is 0.0816. The van der Waals surface area contributed by atoms with Crippen molar-refractivity contribution < 1.29 is 4.79 Å². The molecule has 0 saturated carbocycles. The van der Waals surface area contributed by atoms with Gasteiger partial charge >= 0.3 is 0 Å². The van der Waals surface area contributed by atoms with Crippen LogP contribution < -0.4 is 4.90 Å². The van der Waals surface area contributed by atoms with Gasteiger partial charge in [-0.25, -0.2) is 4.98 Å². The van der Waals surface area contributed by atoms with Gasteiger partial charge in [-0.1, -0.05) is 72.0 Å². The molecule has 0 radical (unpaired) electrons. The number of aromatic nitrogens is 1. The summed E-state index contributed by atoms with van der Waals surface area (Å²) in [5.74, 6) is -0.0816. The standard InChI is InChI=1S/C24H20N2OS2/c1-28-20-13-14-21-22(16-20)29-24(25-21)26(17-19-10-6-3-7-11-19)23(27)15-12-18-8-4-2-5-9-18/h2-16H,17H2,1H3/b15-12+. The molecule has 0 atom stereocenters. The van der Waals surface area contributed by atoms with Gasteiger partial charge in [-0.2, -0.15) is 0 Å². The topological polar surface area (TPSA) is 33.2 Å². The first-order chi connectivity index (χ1) is 14.2. The van der Waals surface area contributed by atoms with Crippen LogP contribution in [0.15, 0.2) is 89.8 Å². The second-order valence-corrected chi connectivity index (χ2v) is 8.37. The molecule has 4 rings (SSSR count). The van der Waals surface area contributed by atoms with Gasteiger partial charge in [-0.3, -0.25) is 9.69 Å². The van der Waals surface area contributed by atoms with Gasteiger partial charge in [-0.05, 0) is 41.7 Å². The van der Waals surface area contributed by atoms with Crippen molar-refractivity contribution in [1.82, 2.24) is 4.98 Å². The number of carbonyl (C=O) groups is 1. The zero-order valence-corrected chi connectivity index (χ0v) is 17.6. The van der Waals surface area contributed by atoms with E-state index in [2.05, 4.69) is 18.4 Å². The zero-order valence-electron chi connectivity index (χ0n) is 16.0. The number of rotatable bonds is 6. The summed E-state index contributed by atoms with van der Waals surface area (Å²) in [6.45, 7) is 0.480. The number of thioether (sulfide) groups is 1. The van der Waals surface area contributed by atoms with Crippen molar-refractivity contribution in [2.45, 2.75) is 11.4 Å². The van der Waals surface area contributed by atoms with Gasteiger partial charge in [-0.15, -0.1) is 11.8 Å².